The van der Waals surface area contributed by atoms with Gasteiger partial charge in [-0.1, -0.05) is 12.1 Å². The maximum absolute atomic E-state index is 11.0. The summed E-state index contributed by atoms with van der Waals surface area (Å²) in [5.41, 5.74) is 7.02. The molecule has 98 valence electrons. The van der Waals surface area contributed by atoms with Crippen LogP contribution in [0.1, 0.15) is 15.9 Å². The lowest BCUT2D eigenvalue weighted by Crippen LogP contribution is -2.03. The van der Waals surface area contributed by atoms with E-state index >= 15 is 0 Å². The third kappa shape index (κ3) is 2.88. The minimum atomic E-state index is -1.08. The number of aromatic carboxylic acids is 1. The van der Waals surface area contributed by atoms with Crippen LogP contribution in [0.5, 0.6) is 11.5 Å². The standard InChI is InChI=1S/C14H12BrNO3/c1-8-5-6-11(10(15)7-8)19-12-4-2-3-9(13(12)16)14(17)18/h2-7H,16H2,1H3,(H,17,18). The highest BCUT2D eigenvalue weighted by atomic mass is 79.9. The fourth-order valence-corrected chi connectivity index (χ4v) is 2.20. The molecule has 2 rings (SSSR count). The monoisotopic (exact) mass is 321 g/mol. The predicted molar refractivity (Wildman–Crippen MR) is 76.8 cm³/mol. The molecule has 2 aromatic carbocycles. The summed E-state index contributed by atoms with van der Waals surface area (Å²) in [5.74, 6) is -0.171. The molecule has 0 amide bonds. The van der Waals surface area contributed by atoms with Gasteiger partial charge in [-0.2, -0.15) is 0 Å². The van der Waals surface area contributed by atoms with Gasteiger partial charge in [0, 0.05) is 0 Å². The number of aryl methyl sites for hydroxylation is 1. The third-order valence-corrected chi connectivity index (χ3v) is 3.22. The van der Waals surface area contributed by atoms with Gasteiger partial charge in [0.05, 0.1) is 15.7 Å². The van der Waals surface area contributed by atoms with E-state index in [0.29, 0.717) is 11.5 Å². The first-order valence-corrected chi connectivity index (χ1v) is 6.34. The first kappa shape index (κ1) is 13.4. The molecule has 3 N–H and O–H groups in total. The van der Waals surface area contributed by atoms with E-state index < -0.39 is 5.97 Å². The topological polar surface area (TPSA) is 72.5 Å². The van der Waals surface area contributed by atoms with Crippen molar-refractivity contribution in [3.05, 3.63) is 52.0 Å². The van der Waals surface area contributed by atoms with Crippen LogP contribution in [-0.4, -0.2) is 11.1 Å². The van der Waals surface area contributed by atoms with E-state index in [1.54, 1.807) is 18.2 Å². The van der Waals surface area contributed by atoms with E-state index in [-0.39, 0.29) is 11.3 Å². The Bertz CT molecular complexity index is 641. The summed E-state index contributed by atoms with van der Waals surface area (Å²) >= 11 is 3.39. The fraction of sp³-hybridized carbons (Fsp3) is 0.0714. The molecule has 4 nitrogen and oxygen atoms in total. The molecule has 0 heterocycles. The van der Waals surface area contributed by atoms with Gasteiger partial charge in [0.25, 0.3) is 0 Å². The Hall–Kier alpha value is -2.01. The Labute approximate surface area is 118 Å². The van der Waals surface area contributed by atoms with Gasteiger partial charge < -0.3 is 15.6 Å². The van der Waals surface area contributed by atoms with Gasteiger partial charge in [0.15, 0.2) is 5.75 Å². The number of halogens is 1. The van der Waals surface area contributed by atoms with Gasteiger partial charge in [-0.25, -0.2) is 4.79 Å². The number of hydrogen-bond acceptors (Lipinski definition) is 3. The van der Waals surface area contributed by atoms with Crippen molar-refractivity contribution < 1.29 is 14.6 Å². The lowest BCUT2D eigenvalue weighted by Gasteiger charge is -2.11. The van der Waals surface area contributed by atoms with E-state index in [1.165, 1.54) is 6.07 Å². The molecule has 0 unspecified atom stereocenters. The zero-order valence-electron chi connectivity index (χ0n) is 10.2. The highest BCUT2D eigenvalue weighted by Crippen LogP contribution is 2.34. The summed E-state index contributed by atoms with van der Waals surface area (Å²) in [4.78, 5) is 11.0. The Morgan fingerprint density at radius 2 is 2.00 bits per heavy atom. The molecule has 0 spiro atoms. The molecule has 0 aliphatic carbocycles. The average Bonchev–Trinajstić information content (AvgIpc) is 2.34. The van der Waals surface area contributed by atoms with Crippen LogP contribution < -0.4 is 10.5 Å². The van der Waals surface area contributed by atoms with Crippen molar-refractivity contribution >= 4 is 27.6 Å². The lowest BCUT2D eigenvalue weighted by atomic mass is 10.1. The van der Waals surface area contributed by atoms with Gasteiger partial charge in [0.1, 0.15) is 5.75 Å². The van der Waals surface area contributed by atoms with Crippen molar-refractivity contribution in [1.82, 2.24) is 0 Å². The van der Waals surface area contributed by atoms with E-state index in [1.807, 2.05) is 19.1 Å². The highest BCUT2D eigenvalue weighted by Gasteiger charge is 2.13. The number of hydrogen-bond donors (Lipinski definition) is 2. The van der Waals surface area contributed by atoms with Crippen LogP contribution in [0.2, 0.25) is 0 Å². The summed E-state index contributed by atoms with van der Waals surface area (Å²) in [6.07, 6.45) is 0. The summed E-state index contributed by atoms with van der Waals surface area (Å²) in [5, 5.41) is 9.00. The highest BCUT2D eigenvalue weighted by molar-refractivity contribution is 9.10. The van der Waals surface area contributed by atoms with Gasteiger partial charge in [-0.3, -0.25) is 0 Å². The Morgan fingerprint density at radius 3 is 2.63 bits per heavy atom. The number of para-hydroxylation sites is 1. The van der Waals surface area contributed by atoms with Crippen LogP contribution in [0.3, 0.4) is 0 Å². The normalized spacial score (nSPS) is 10.2. The quantitative estimate of drug-likeness (QED) is 0.843. The second-order valence-electron chi connectivity index (χ2n) is 4.06. The van der Waals surface area contributed by atoms with Crippen LogP contribution in [0.25, 0.3) is 0 Å². The lowest BCUT2D eigenvalue weighted by molar-refractivity contribution is 0.0697. The number of nitrogen functional groups attached to an aromatic ring is 1. The molecule has 0 saturated heterocycles. The number of benzene rings is 2. The van der Waals surface area contributed by atoms with E-state index in [9.17, 15) is 4.79 Å². The van der Waals surface area contributed by atoms with E-state index in [0.717, 1.165) is 10.0 Å². The first-order chi connectivity index (χ1) is 8.99. The molecule has 0 aromatic heterocycles. The molecular formula is C14H12BrNO3. The minimum Gasteiger partial charge on any atom is -0.478 e. The van der Waals surface area contributed by atoms with Crippen LogP contribution >= 0.6 is 15.9 Å². The smallest absolute Gasteiger partial charge is 0.337 e. The predicted octanol–water partition coefficient (Wildman–Crippen LogP) is 3.83. The molecule has 2 aromatic rings. The summed E-state index contributed by atoms with van der Waals surface area (Å²) in [6, 6.07) is 10.3. The van der Waals surface area contributed by atoms with Crippen LogP contribution in [0.4, 0.5) is 5.69 Å². The van der Waals surface area contributed by atoms with Crippen LogP contribution in [0, 0.1) is 6.92 Å². The van der Waals surface area contributed by atoms with Crippen LogP contribution in [-0.2, 0) is 0 Å². The molecule has 5 heteroatoms. The number of carbonyl (C=O) groups is 1. The SMILES string of the molecule is Cc1ccc(Oc2cccc(C(=O)O)c2N)c(Br)c1. The molecule has 19 heavy (non-hydrogen) atoms. The van der Waals surface area contributed by atoms with Crippen molar-refractivity contribution in [3.8, 4) is 11.5 Å². The first-order valence-electron chi connectivity index (χ1n) is 5.55. The largest absolute Gasteiger partial charge is 0.478 e. The third-order valence-electron chi connectivity index (χ3n) is 2.60. The van der Waals surface area contributed by atoms with Gasteiger partial charge >= 0.3 is 5.97 Å². The maximum Gasteiger partial charge on any atom is 0.337 e. The molecular weight excluding hydrogens is 310 g/mol. The molecule has 0 aliphatic heterocycles. The number of carboxylic acid groups (broad SMARTS) is 1. The average molecular weight is 322 g/mol. The maximum atomic E-state index is 11.0. The Balaban J connectivity index is 2.38. The molecule has 0 saturated carbocycles. The van der Waals surface area contributed by atoms with E-state index in [4.69, 9.17) is 15.6 Å². The van der Waals surface area contributed by atoms with Crippen molar-refractivity contribution in [3.63, 3.8) is 0 Å². The number of rotatable bonds is 3. The van der Waals surface area contributed by atoms with Gasteiger partial charge in [-0.15, -0.1) is 0 Å². The number of nitrogens with two attached hydrogens (primary N) is 1. The Morgan fingerprint density at radius 1 is 1.26 bits per heavy atom. The summed E-state index contributed by atoms with van der Waals surface area (Å²) in [6.45, 7) is 1.97. The fourth-order valence-electron chi connectivity index (χ4n) is 1.63. The number of carboxylic acids is 1. The van der Waals surface area contributed by atoms with E-state index in [2.05, 4.69) is 15.9 Å². The van der Waals surface area contributed by atoms with Gasteiger partial charge in [0.2, 0.25) is 0 Å². The van der Waals surface area contributed by atoms with Crippen LogP contribution in [0.15, 0.2) is 40.9 Å². The van der Waals surface area contributed by atoms with Gasteiger partial charge in [-0.05, 0) is 52.7 Å². The molecule has 0 atom stereocenters. The Kier molecular flexibility index (Phi) is 3.76. The zero-order valence-corrected chi connectivity index (χ0v) is 11.8. The molecule has 0 bridgehead atoms. The second kappa shape index (κ2) is 5.32. The number of anilines is 1. The van der Waals surface area contributed by atoms with Crippen molar-refractivity contribution in [2.75, 3.05) is 5.73 Å². The minimum absolute atomic E-state index is 0.0285. The molecule has 0 fully saturated rings. The summed E-state index contributed by atoms with van der Waals surface area (Å²) < 4.78 is 6.44. The number of ether oxygens (including phenoxy) is 1. The second-order valence-corrected chi connectivity index (χ2v) is 4.91. The molecule has 0 aliphatic rings. The van der Waals surface area contributed by atoms with Crippen molar-refractivity contribution in [1.29, 1.82) is 0 Å². The van der Waals surface area contributed by atoms with Crippen molar-refractivity contribution in [2.45, 2.75) is 6.92 Å². The van der Waals surface area contributed by atoms with Crippen molar-refractivity contribution in [2.24, 2.45) is 0 Å². The molecule has 0 radical (unpaired) electrons. The zero-order chi connectivity index (χ0) is 14.0. The summed E-state index contributed by atoms with van der Waals surface area (Å²) in [7, 11) is 0.